The van der Waals surface area contributed by atoms with Gasteiger partial charge in [-0.05, 0) is 6.92 Å². The fraction of sp³-hybridized carbons (Fsp3) is 0.750. The Hall–Kier alpha value is -0.750. The zero-order valence-electron chi connectivity index (χ0n) is 7.56. The zero-order valence-corrected chi connectivity index (χ0v) is 8.37. The summed E-state index contributed by atoms with van der Waals surface area (Å²) in [7, 11) is 0. The van der Waals surface area contributed by atoms with Gasteiger partial charge in [0.15, 0.2) is 5.54 Å². The van der Waals surface area contributed by atoms with Crippen molar-refractivity contribution < 1.29 is 14.7 Å². The van der Waals surface area contributed by atoms with Gasteiger partial charge in [-0.2, -0.15) is 0 Å². The van der Waals surface area contributed by atoms with Crippen molar-refractivity contribution in [2.75, 3.05) is 0 Å². The highest BCUT2D eigenvalue weighted by Gasteiger charge is 2.84. The summed E-state index contributed by atoms with van der Waals surface area (Å²) in [5.74, 6) is -1.11. The molecule has 0 aromatic heterocycles. The molecule has 1 saturated carbocycles. The molecule has 0 bridgehead atoms. The summed E-state index contributed by atoms with van der Waals surface area (Å²) in [6.45, 7) is 1.89. The monoisotopic (exact) mass is 214 g/mol. The molecule has 14 heavy (non-hydrogen) atoms. The van der Waals surface area contributed by atoms with Gasteiger partial charge in [-0.15, -0.1) is 11.8 Å². The van der Waals surface area contributed by atoms with Gasteiger partial charge in [0.2, 0.25) is 5.91 Å². The van der Waals surface area contributed by atoms with Crippen LogP contribution in [0.15, 0.2) is 0 Å². The molecule has 0 aromatic rings. The van der Waals surface area contributed by atoms with E-state index in [1.165, 1.54) is 16.7 Å². The Bertz CT molecular complexity index is 374. The average molecular weight is 214 g/mol. The number of thioether (sulfide) groups is 1. The van der Waals surface area contributed by atoms with Crippen LogP contribution in [-0.2, 0) is 9.59 Å². The molecule has 3 fully saturated rings. The van der Waals surface area contributed by atoms with Gasteiger partial charge >= 0.3 is 5.97 Å². The second-order valence-electron chi connectivity index (χ2n) is 4.32. The lowest BCUT2D eigenvalue weighted by Gasteiger charge is -2.43. The predicted molar refractivity (Wildman–Crippen MR) is 49.6 cm³/mol. The van der Waals surface area contributed by atoms with Gasteiger partial charge in [0.25, 0.3) is 0 Å². The van der Waals surface area contributed by atoms with Gasteiger partial charge in [0, 0.05) is 6.42 Å². The third-order valence-corrected chi connectivity index (χ3v) is 5.32. The second kappa shape index (κ2) is 1.94. The van der Waals surface area contributed by atoms with Crippen LogP contribution in [0.5, 0.6) is 0 Å². The van der Waals surface area contributed by atoms with Crippen LogP contribution in [0.25, 0.3) is 0 Å². The largest absolute Gasteiger partial charge is 0.479 e. The average Bonchev–Trinajstić information content (AvgIpc) is 2.65. The smallest absolute Gasteiger partial charge is 0.331 e. The molecule has 3 aliphatic rings. The van der Waals surface area contributed by atoms with Crippen molar-refractivity contribution in [3.8, 4) is 0 Å². The minimum absolute atomic E-state index is 0.114. The number of nitrogens with zero attached hydrogens (tertiary/aromatic N) is 1. The minimum atomic E-state index is -0.949. The van der Waals surface area contributed by atoms with E-state index in [-0.39, 0.29) is 16.0 Å². The molecule has 5 nitrogen and oxygen atoms in total. The lowest BCUT2D eigenvalue weighted by atomic mass is 10.0. The first-order valence-corrected chi connectivity index (χ1v) is 5.32. The molecule has 0 aromatic carbocycles. The fourth-order valence-corrected chi connectivity index (χ4v) is 4.47. The van der Waals surface area contributed by atoms with E-state index in [9.17, 15) is 9.59 Å². The molecule has 0 radical (unpaired) electrons. The molecule has 4 atom stereocenters. The molecule has 76 valence electrons. The number of carbonyl (C=O) groups is 2. The first-order valence-electron chi connectivity index (χ1n) is 4.44. The van der Waals surface area contributed by atoms with Gasteiger partial charge in [-0.25, -0.2) is 4.79 Å². The number of carbonyl (C=O) groups excluding carboxylic acids is 1. The summed E-state index contributed by atoms with van der Waals surface area (Å²) >= 11 is 1.53. The van der Waals surface area contributed by atoms with Crippen molar-refractivity contribution in [1.82, 2.24) is 4.90 Å². The van der Waals surface area contributed by atoms with Crippen LogP contribution in [0, 0.1) is 0 Å². The molecule has 2 aliphatic heterocycles. The summed E-state index contributed by atoms with van der Waals surface area (Å²) in [6, 6.07) is -0.499. The van der Waals surface area contributed by atoms with Crippen molar-refractivity contribution in [2.45, 2.75) is 35.0 Å². The highest BCUT2D eigenvalue weighted by molar-refractivity contribution is 8.02. The maximum Gasteiger partial charge on any atom is 0.331 e. The van der Waals surface area contributed by atoms with Crippen LogP contribution in [0.4, 0.5) is 0 Å². The first-order chi connectivity index (χ1) is 6.44. The Balaban J connectivity index is 2.03. The molecule has 3 rings (SSSR count). The van der Waals surface area contributed by atoms with Crippen molar-refractivity contribution >= 4 is 23.6 Å². The van der Waals surface area contributed by atoms with Crippen molar-refractivity contribution in [1.29, 1.82) is 0 Å². The Morgan fingerprint density at radius 3 is 3.00 bits per heavy atom. The Kier molecular flexibility index (Phi) is 1.19. The number of hydrogen-bond donors (Lipinski definition) is 2. The van der Waals surface area contributed by atoms with E-state index in [1.807, 2.05) is 6.92 Å². The highest BCUT2D eigenvalue weighted by Crippen LogP contribution is 2.71. The third kappa shape index (κ3) is 0.577. The van der Waals surface area contributed by atoms with Crippen molar-refractivity contribution in [3.63, 3.8) is 0 Å². The van der Waals surface area contributed by atoms with E-state index >= 15 is 0 Å². The minimum Gasteiger partial charge on any atom is -0.479 e. The van der Waals surface area contributed by atoms with Crippen LogP contribution in [0.3, 0.4) is 0 Å². The first kappa shape index (κ1) is 8.55. The predicted octanol–water partition coefficient (Wildman–Crippen LogP) is -0.785. The molecule has 1 amide bonds. The molecular formula is C8H10N2O3S. The number of fused-ring (bicyclic) bond motifs is 3. The molecule has 3 N–H and O–H groups in total. The lowest BCUT2D eigenvalue weighted by Crippen LogP contribution is -2.70. The zero-order chi connectivity index (χ0) is 10.3. The van der Waals surface area contributed by atoms with Crippen molar-refractivity contribution in [2.24, 2.45) is 5.73 Å². The molecule has 0 spiro atoms. The van der Waals surface area contributed by atoms with Crippen molar-refractivity contribution in [3.05, 3.63) is 0 Å². The molecule has 3 unspecified atom stereocenters. The maximum absolute atomic E-state index is 11.5. The molecule has 6 heteroatoms. The third-order valence-electron chi connectivity index (χ3n) is 3.57. The van der Waals surface area contributed by atoms with E-state index < -0.39 is 17.6 Å². The maximum atomic E-state index is 11.5. The van der Waals surface area contributed by atoms with Crippen LogP contribution in [-0.4, -0.2) is 43.6 Å². The number of hydrogen-bond acceptors (Lipinski definition) is 4. The summed E-state index contributed by atoms with van der Waals surface area (Å²) in [6.07, 6.45) is 0.551. The SMILES string of the molecule is CC12CC1(C(=O)O)N1C(=O)C(N)[C@@H]1S2. The Morgan fingerprint density at radius 2 is 2.43 bits per heavy atom. The Morgan fingerprint density at radius 1 is 1.79 bits per heavy atom. The molecule has 1 aliphatic carbocycles. The highest BCUT2D eigenvalue weighted by atomic mass is 32.2. The van der Waals surface area contributed by atoms with Gasteiger partial charge in [0.1, 0.15) is 11.4 Å². The topological polar surface area (TPSA) is 83.6 Å². The molecule has 2 saturated heterocycles. The van der Waals surface area contributed by atoms with Gasteiger partial charge in [-0.1, -0.05) is 0 Å². The van der Waals surface area contributed by atoms with Crippen LogP contribution in [0.1, 0.15) is 13.3 Å². The number of aliphatic carboxylic acids is 1. The Labute approximate surface area is 84.6 Å². The van der Waals surface area contributed by atoms with E-state index in [4.69, 9.17) is 10.8 Å². The van der Waals surface area contributed by atoms with Gasteiger partial charge in [0.05, 0.1) is 4.75 Å². The van der Waals surface area contributed by atoms with E-state index in [0.29, 0.717) is 6.42 Å². The standard InChI is InChI=1S/C8H10N2O3S/c1-7-2-8(7,6(12)13)10-4(11)3(9)5(10)14-7/h3,5H,2,9H2,1H3,(H,12,13)/t3?,5-,7?,8?/m0/s1. The number of amides is 1. The number of rotatable bonds is 1. The summed E-state index contributed by atoms with van der Waals surface area (Å²) < 4.78 is -0.312. The van der Waals surface area contributed by atoms with E-state index in [1.54, 1.807) is 0 Å². The number of carboxylic acids is 1. The fourth-order valence-electron chi connectivity index (χ4n) is 2.61. The van der Waals surface area contributed by atoms with Crippen LogP contribution < -0.4 is 5.73 Å². The van der Waals surface area contributed by atoms with Crippen LogP contribution >= 0.6 is 11.8 Å². The summed E-state index contributed by atoms with van der Waals surface area (Å²) in [5.41, 5.74) is 4.65. The number of β-lactam (4-membered cyclic amide) rings is 1. The van der Waals surface area contributed by atoms with E-state index in [2.05, 4.69) is 0 Å². The van der Waals surface area contributed by atoms with Crippen LogP contribution in [0.2, 0.25) is 0 Å². The van der Waals surface area contributed by atoms with Gasteiger partial charge < -0.3 is 15.7 Å². The summed E-state index contributed by atoms with van der Waals surface area (Å²) in [5, 5.41) is 9.04. The quantitative estimate of drug-likeness (QED) is 0.559. The number of nitrogens with two attached hydrogens (primary N) is 1. The molecular weight excluding hydrogens is 204 g/mol. The summed E-state index contributed by atoms with van der Waals surface area (Å²) in [4.78, 5) is 24.1. The number of carboxylic acid groups (broad SMARTS) is 1. The van der Waals surface area contributed by atoms with Gasteiger partial charge in [-0.3, -0.25) is 4.79 Å². The normalized spacial score (nSPS) is 53.6. The lowest BCUT2D eigenvalue weighted by molar-refractivity contribution is -0.161. The second-order valence-corrected chi connectivity index (χ2v) is 5.94. The van der Waals surface area contributed by atoms with E-state index in [0.717, 1.165) is 0 Å². The molecule has 2 heterocycles.